The number of anilines is 1. The quantitative estimate of drug-likeness (QED) is 0.941. The molecule has 0 saturated heterocycles. The van der Waals surface area contributed by atoms with E-state index in [1.807, 2.05) is 0 Å². The molecule has 8 heteroatoms. The number of aryl methyl sites for hydroxylation is 1. The minimum Gasteiger partial charge on any atom is -0.262 e. The van der Waals surface area contributed by atoms with Crippen molar-refractivity contribution >= 4 is 38.8 Å². The number of aromatic nitrogens is 2. The van der Waals surface area contributed by atoms with E-state index in [2.05, 4.69) is 14.7 Å². The van der Waals surface area contributed by atoms with Gasteiger partial charge in [0.25, 0.3) is 10.0 Å². The molecule has 0 amide bonds. The van der Waals surface area contributed by atoms with Gasteiger partial charge in [0.2, 0.25) is 0 Å². The maximum absolute atomic E-state index is 11.9. The van der Waals surface area contributed by atoms with Crippen LogP contribution in [0.15, 0.2) is 28.7 Å². The third-order valence-corrected chi connectivity index (χ3v) is 4.88. The van der Waals surface area contributed by atoms with E-state index in [9.17, 15) is 8.42 Å². The Hall–Kier alpha value is -1.18. The van der Waals surface area contributed by atoms with Gasteiger partial charge < -0.3 is 0 Å². The summed E-state index contributed by atoms with van der Waals surface area (Å²) in [6.45, 7) is 1.77. The van der Waals surface area contributed by atoms with Gasteiger partial charge in [-0.15, -0.1) is 0 Å². The first-order chi connectivity index (χ1) is 7.99. The van der Waals surface area contributed by atoms with Gasteiger partial charge in [0.05, 0.1) is 6.20 Å². The van der Waals surface area contributed by atoms with Gasteiger partial charge in [-0.25, -0.2) is 18.4 Å². The molecule has 17 heavy (non-hydrogen) atoms. The van der Waals surface area contributed by atoms with Gasteiger partial charge in [0.1, 0.15) is 5.82 Å². The highest BCUT2D eigenvalue weighted by atomic mass is 35.5. The number of hydrogen-bond donors (Lipinski definition) is 1. The molecule has 0 saturated carbocycles. The van der Waals surface area contributed by atoms with Gasteiger partial charge in [-0.2, -0.15) is 0 Å². The lowest BCUT2D eigenvalue weighted by atomic mass is 10.3. The molecule has 1 N–H and O–H groups in total. The monoisotopic (exact) mass is 289 g/mol. The van der Waals surface area contributed by atoms with Crippen LogP contribution in [0.25, 0.3) is 0 Å². The zero-order valence-corrected chi connectivity index (χ0v) is 11.1. The Morgan fingerprint density at radius 2 is 2.18 bits per heavy atom. The lowest BCUT2D eigenvalue weighted by Gasteiger charge is -2.06. The summed E-state index contributed by atoms with van der Waals surface area (Å²) in [5.74, 6) is 0.303. The van der Waals surface area contributed by atoms with Crippen LogP contribution in [0.1, 0.15) is 5.56 Å². The molecule has 2 aromatic heterocycles. The van der Waals surface area contributed by atoms with Crippen LogP contribution in [0, 0.1) is 6.92 Å². The molecule has 0 aromatic carbocycles. The predicted octanol–water partition coefficient (Wildman–Crippen LogP) is 2.30. The fraction of sp³-hybridized carbons (Fsp3) is 0.111. The Bertz CT molecular complexity index is 639. The van der Waals surface area contributed by atoms with Crippen molar-refractivity contribution in [3.8, 4) is 0 Å². The zero-order valence-electron chi connectivity index (χ0n) is 8.71. The van der Waals surface area contributed by atoms with E-state index in [1.54, 1.807) is 19.1 Å². The Kier molecular flexibility index (Phi) is 3.32. The summed E-state index contributed by atoms with van der Waals surface area (Å²) in [4.78, 5) is 7.65. The number of nitrogens with one attached hydrogen (secondary N) is 1. The summed E-state index contributed by atoms with van der Waals surface area (Å²) < 4.78 is 26.5. The van der Waals surface area contributed by atoms with E-state index >= 15 is 0 Å². The average Bonchev–Trinajstić information content (AvgIpc) is 2.69. The smallest absolute Gasteiger partial charge is 0.262 e. The van der Waals surface area contributed by atoms with Crippen molar-refractivity contribution in [3.05, 3.63) is 34.6 Å². The summed E-state index contributed by atoms with van der Waals surface area (Å²) in [6.07, 6.45) is 2.73. The molecule has 0 spiro atoms. The maximum atomic E-state index is 11.9. The van der Waals surface area contributed by atoms with Crippen LogP contribution in [-0.4, -0.2) is 18.4 Å². The molecule has 5 nitrogen and oxygen atoms in total. The van der Waals surface area contributed by atoms with Crippen molar-refractivity contribution in [2.75, 3.05) is 4.72 Å². The van der Waals surface area contributed by atoms with Gasteiger partial charge in [-0.05, 0) is 18.6 Å². The van der Waals surface area contributed by atoms with Crippen molar-refractivity contribution in [3.63, 3.8) is 0 Å². The molecule has 2 heterocycles. The van der Waals surface area contributed by atoms with Crippen LogP contribution in [-0.2, 0) is 10.0 Å². The highest BCUT2D eigenvalue weighted by Crippen LogP contribution is 2.24. The maximum Gasteiger partial charge on any atom is 0.274 e. The second-order valence-corrected chi connectivity index (χ2v) is 6.73. The zero-order chi connectivity index (χ0) is 12.5. The summed E-state index contributed by atoms with van der Waals surface area (Å²) >= 11 is 6.50. The van der Waals surface area contributed by atoms with Crippen LogP contribution in [0.5, 0.6) is 0 Å². The Balaban J connectivity index is 2.33. The molecule has 0 aliphatic heterocycles. The first-order valence-electron chi connectivity index (χ1n) is 4.55. The largest absolute Gasteiger partial charge is 0.274 e. The number of thiazole rings is 1. The van der Waals surface area contributed by atoms with Crippen molar-refractivity contribution in [1.82, 2.24) is 9.97 Å². The van der Waals surface area contributed by atoms with E-state index < -0.39 is 10.0 Å². The SMILES string of the molecule is Cc1cccnc1NS(=O)(=O)c1cnc(Cl)s1. The highest BCUT2D eigenvalue weighted by Gasteiger charge is 2.18. The van der Waals surface area contributed by atoms with Gasteiger partial charge in [0, 0.05) is 6.20 Å². The molecule has 0 aliphatic carbocycles. The normalized spacial score (nSPS) is 11.4. The molecule has 90 valence electrons. The van der Waals surface area contributed by atoms with Crippen LogP contribution >= 0.6 is 22.9 Å². The molecular formula is C9H8ClN3O2S2. The van der Waals surface area contributed by atoms with E-state index in [-0.39, 0.29) is 8.68 Å². The van der Waals surface area contributed by atoms with Gasteiger partial charge in [-0.3, -0.25) is 4.72 Å². The molecule has 0 atom stereocenters. The molecule has 0 fully saturated rings. The van der Waals surface area contributed by atoms with Gasteiger partial charge in [-0.1, -0.05) is 29.0 Å². The van der Waals surface area contributed by atoms with Gasteiger partial charge in [0.15, 0.2) is 8.68 Å². The molecule has 2 rings (SSSR count). The summed E-state index contributed by atoms with van der Waals surface area (Å²) in [5.41, 5.74) is 0.742. The minimum absolute atomic E-state index is 0.0625. The second-order valence-electron chi connectivity index (χ2n) is 3.21. The summed E-state index contributed by atoms with van der Waals surface area (Å²) in [6, 6.07) is 3.50. The van der Waals surface area contributed by atoms with Crippen LogP contribution in [0.3, 0.4) is 0 Å². The average molecular weight is 290 g/mol. The van der Waals surface area contributed by atoms with Gasteiger partial charge >= 0.3 is 0 Å². The van der Waals surface area contributed by atoms with E-state index in [4.69, 9.17) is 11.6 Å². The van der Waals surface area contributed by atoms with Crippen molar-refractivity contribution in [2.24, 2.45) is 0 Å². The van der Waals surface area contributed by atoms with Crippen molar-refractivity contribution < 1.29 is 8.42 Å². The number of pyridine rings is 1. The Morgan fingerprint density at radius 1 is 1.41 bits per heavy atom. The molecule has 0 bridgehead atoms. The molecule has 0 unspecified atom stereocenters. The lowest BCUT2D eigenvalue weighted by Crippen LogP contribution is -2.13. The molecule has 0 aliphatic rings. The van der Waals surface area contributed by atoms with Crippen LogP contribution < -0.4 is 4.72 Å². The van der Waals surface area contributed by atoms with E-state index in [0.717, 1.165) is 16.9 Å². The fourth-order valence-corrected chi connectivity index (χ4v) is 3.51. The fourth-order valence-electron chi connectivity index (χ4n) is 1.13. The Morgan fingerprint density at radius 3 is 2.76 bits per heavy atom. The topological polar surface area (TPSA) is 72.0 Å². The number of halogens is 1. The second kappa shape index (κ2) is 4.59. The Labute approximate surface area is 108 Å². The lowest BCUT2D eigenvalue weighted by molar-refractivity contribution is 0.602. The highest BCUT2D eigenvalue weighted by molar-refractivity contribution is 7.94. The van der Waals surface area contributed by atoms with Crippen LogP contribution in [0.4, 0.5) is 5.82 Å². The molecular weight excluding hydrogens is 282 g/mol. The predicted molar refractivity (Wildman–Crippen MR) is 66.9 cm³/mol. The summed E-state index contributed by atoms with van der Waals surface area (Å²) in [7, 11) is -3.66. The van der Waals surface area contributed by atoms with Crippen molar-refractivity contribution in [2.45, 2.75) is 11.1 Å². The first-order valence-corrected chi connectivity index (χ1v) is 7.22. The number of nitrogens with zero attached hydrogens (tertiary/aromatic N) is 2. The third-order valence-electron chi connectivity index (χ3n) is 1.96. The standard InChI is InChI=1S/C9H8ClN3O2S2/c1-6-3-2-4-11-8(6)13-17(14,15)7-5-12-9(10)16-7/h2-5H,1H3,(H,11,13). The third kappa shape index (κ3) is 2.74. The number of rotatable bonds is 3. The van der Waals surface area contributed by atoms with E-state index in [0.29, 0.717) is 5.82 Å². The summed E-state index contributed by atoms with van der Waals surface area (Å²) in [5, 5.41) is 0. The molecule has 0 radical (unpaired) electrons. The van der Waals surface area contributed by atoms with Crippen LogP contribution in [0.2, 0.25) is 4.47 Å². The minimum atomic E-state index is -3.66. The van der Waals surface area contributed by atoms with Crippen molar-refractivity contribution in [1.29, 1.82) is 0 Å². The van der Waals surface area contributed by atoms with E-state index in [1.165, 1.54) is 12.4 Å². The number of hydrogen-bond acceptors (Lipinski definition) is 5. The molecule has 2 aromatic rings. The first kappa shape index (κ1) is 12.3. The number of sulfonamides is 1.